The maximum Gasteiger partial charge on any atom is 0.255 e. The molecule has 2 fully saturated rings. The summed E-state index contributed by atoms with van der Waals surface area (Å²) >= 11 is 0. The first-order valence-electron chi connectivity index (χ1n) is 9.73. The predicted molar refractivity (Wildman–Crippen MR) is 107 cm³/mol. The molecule has 1 saturated heterocycles. The number of carbonyl (C=O) groups excluding carboxylic acids is 2. The molecule has 3 rings (SSSR count). The van der Waals surface area contributed by atoms with Crippen LogP contribution in [-0.2, 0) is 4.79 Å². The van der Waals surface area contributed by atoms with Gasteiger partial charge in [-0.1, -0.05) is 12.8 Å². The average molecular weight is 398 g/mol. The van der Waals surface area contributed by atoms with Crippen LogP contribution in [0.15, 0.2) is 10.5 Å². The fourth-order valence-corrected chi connectivity index (χ4v) is 4.35. The molecule has 2 heterocycles. The topological polar surface area (TPSA) is 88.6 Å². The summed E-state index contributed by atoms with van der Waals surface area (Å²) in [5, 5.41) is 3.08. The maximum atomic E-state index is 12.9. The minimum absolute atomic E-state index is 0. The van der Waals surface area contributed by atoms with Crippen molar-refractivity contribution in [1.29, 1.82) is 0 Å². The highest BCUT2D eigenvalue weighted by Crippen LogP contribution is 2.33. The Morgan fingerprint density at radius 3 is 2.44 bits per heavy atom. The van der Waals surface area contributed by atoms with E-state index in [0.29, 0.717) is 24.4 Å². The number of hydrogen-bond donors (Lipinski definition) is 2. The van der Waals surface area contributed by atoms with Crippen molar-refractivity contribution >= 4 is 24.2 Å². The van der Waals surface area contributed by atoms with Crippen molar-refractivity contribution in [2.45, 2.75) is 70.9 Å². The number of nitrogens with zero attached hydrogens (tertiary/aromatic N) is 1. The number of nitrogens with two attached hydrogens (primary N) is 1. The van der Waals surface area contributed by atoms with Gasteiger partial charge in [-0.3, -0.25) is 9.59 Å². The fraction of sp³-hybridized carbons (Fsp3) is 0.700. The van der Waals surface area contributed by atoms with Gasteiger partial charge in [0.25, 0.3) is 5.91 Å². The third-order valence-corrected chi connectivity index (χ3v) is 5.98. The summed E-state index contributed by atoms with van der Waals surface area (Å²) in [6.07, 6.45) is 5.56. The first-order valence-corrected chi connectivity index (χ1v) is 9.73. The van der Waals surface area contributed by atoms with Crippen LogP contribution in [0.5, 0.6) is 0 Å². The molecule has 6 nitrogen and oxygen atoms in total. The highest BCUT2D eigenvalue weighted by Gasteiger charge is 2.40. The van der Waals surface area contributed by atoms with E-state index >= 15 is 0 Å². The summed E-state index contributed by atoms with van der Waals surface area (Å²) < 4.78 is 5.43. The van der Waals surface area contributed by atoms with Crippen LogP contribution in [0.25, 0.3) is 0 Å². The summed E-state index contributed by atoms with van der Waals surface area (Å²) in [5.41, 5.74) is 6.60. The quantitative estimate of drug-likeness (QED) is 0.820. The molecule has 3 N–H and O–H groups in total. The molecule has 1 aliphatic heterocycles. The van der Waals surface area contributed by atoms with Gasteiger partial charge in [0.1, 0.15) is 11.5 Å². The van der Waals surface area contributed by atoms with Gasteiger partial charge in [0, 0.05) is 24.7 Å². The van der Waals surface area contributed by atoms with Gasteiger partial charge in [0.15, 0.2) is 0 Å². The lowest BCUT2D eigenvalue weighted by Gasteiger charge is -2.41. The van der Waals surface area contributed by atoms with E-state index in [9.17, 15) is 9.59 Å². The standard InChI is InChI=1S/C20H31N3O3.ClH/c1-13-12-16(14(2)26-13)18(24)22-15-7-10-23(11-8-15)19(25)17-6-4-5-9-20(17,3)21;/h12,15,17H,4-11,21H2,1-3H3,(H,22,24);1H. The van der Waals surface area contributed by atoms with E-state index in [0.717, 1.165) is 44.3 Å². The number of hydrogen-bond acceptors (Lipinski definition) is 4. The molecule has 2 aliphatic rings. The van der Waals surface area contributed by atoms with Gasteiger partial charge >= 0.3 is 0 Å². The number of rotatable bonds is 3. The van der Waals surface area contributed by atoms with Crippen LogP contribution >= 0.6 is 12.4 Å². The molecule has 0 radical (unpaired) electrons. The van der Waals surface area contributed by atoms with E-state index in [-0.39, 0.29) is 36.2 Å². The molecule has 1 saturated carbocycles. The Kier molecular flexibility index (Phi) is 6.98. The minimum atomic E-state index is -0.392. The number of halogens is 1. The van der Waals surface area contributed by atoms with Crippen molar-refractivity contribution in [2.24, 2.45) is 11.7 Å². The molecule has 0 aromatic carbocycles. The van der Waals surface area contributed by atoms with Crippen molar-refractivity contribution in [3.05, 3.63) is 23.2 Å². The molecule has 152 valence electrons. The summed E-state index contributed by atoms with van der Waals surface area (Å²) in [7, 11) is 0. The lowest BCUT2D eigenvalue weighted by atomic mass is 9.74. The number of nitrogens with one attached hydrogen (secondary N) is 1. The van der Waals surface area contributed by atoms with Gasteiger partial charge in [0.2, 0.25) is 5.91 Å². The molecule has 0 spiro atoms. The van der Waals surface area contributed by atoms with Crippen molar-refractivity contribution in [1.82, 2.24) is 10.2 Å². The first-order chi connectivity index (χ1) is 12.3. The largest absolute Gasteiger partial charge is 0.466 e. The highest BCUT2D eigenvalue weighted by atomic mass is 35.5. The third kappa shape index (κ3) is 4.85. The molecular formula is C20H32ClN3O3. The number of piperidine rings is 1. The second-order valence-corrected chi connectivity index (χ2v) is 8.20. The van der Waals surface area contributed by atoms with Crippen molar-refractivity contribution in [3.8, 4) is 0 Å². The van der Waals surface area contributed by atoms with Crippen LogP contribution in [-0.4, -0.2) is 41.4 Å². The Labute approximate surface area is 167 Å². The number of amides is 2. The van der Waals surface area contributed by atoms with Gasteiger partial charge in [-0.2, -0.15) is 0 Å². The van der Waals surface area contributed by atoms with Gasteiger partial charge in [-0.15, -0.1) is 12.4 Å². The number of likely N-dealkylation sites (tertiary alicyclic amines) is 1. The Morgan fingerprint density at radius 2 is 1.89 bits per heavy atom. The predicted octanol–water partition coefficient (Wildman–Crippen LogP) is 2.95. The fourth-order valence-electron chi connectivity index (χ4n) is 4.35. The van der Waals surface area contributed by atoms with Crippen LogP contribution in [0.2, 0.25) is 0 Å². The van der Waals surface area contributed by atoms with Crippen LogP contribution < -0.4 is 11.1 Å². The minimum Gasteiger partial charge on any atom is -0.466 e. The lowest BCUT2D eigenvalue weighted by molar-refractivity contribution is -0.140. The zero-order valence-corrected chi connectivity index (χ0v) is 17.4. The molecule has 2 amide bonds. The van der Waals surface area contributed by atoms with Gasteiger partial charge in [0.05, 0.1) is 11.5 Å². The van der Waals surface area contributed by atoms with Crippen LogP contribution in [0.1, 0.15) is 67.3 Å². The van der Waals surface area contributed by atoms with E-state index in [1.807, 2.05) is 18.7 Å². The second-order valence-electron chi connectivity index (χ2n) is 8.20. The van der Waals surface area contributed by atoms with Gasteiger partial charge in [-0.05, 0) is 52.5 Å². The number of furan rings is 1. The SMILES string of the molecule is Cc1cc(C(=O)NC2CCN(C(=O)C3CCCCC3(C)N)CC2)c(C)o1.Cl. The van der Waals surface area contributed by atoms with Crippen molar-refractivity contribution < 1.29 is 14.0 Å². The molecule has 27 heavy (non-hydrogen) atoms. The Hall–Kier alpha value is -1.53. The van der Waals surface area contributed by atoms with Crippen LogP contribution in [0, 0.1) is 19.8 Å². The number of aryl methyl sites for hydroxylation is 2. The van der Waals surface area contributed by atoms with Crippen molar-refractivity contribution in [3.63, 3.8) is 0 Å². The zero-order valence-electron chi connectivity index (χ0n) is 16.5. The molecule has 7 heteroatoms. The Bertz CT molecular complexity index is 678. The second kappa shape index (κ2) is 8.65. The summed E-state index contributed by atoms with van der Waals surface area (Å²) in [5.74, 6) is 1.42. The highest BCUT2D eigenvalue weighted by molar-refractivity contribution is 5.95. The Morgan fingerprint density at radius 1 is 1.22 bits per heavy atom. The lowest BCUT2D eigenvalue weighted by Crippen LogP contribution is -2.56. The van der Waals surface area contributed by atoms with E-state index < -0.39 is 5.54 Å². The van der Waals surface area contributed by atoms with E-state index in [1.54, 1.807) is 13.0 Å². The molecule has 2 unspecified atom stereocenters. The summed E-state index contributed by atoms with van der Waals surface area (Å²) in [4.78, 5) is 27.3. The van der Waals surface area contributed by atoms with E-state index in [2.05, 4.69) is 5.32 Å². The molecule has 1 aromatic heterocycles. The van der Waals surface area contributed by atoms with Gasteiger partial charge in [-0.25, -0.2) is 0 Å². The summed E-state index contributed by atoms with van der Waals surface area (Å²) in [6.45, 7) is 7.01. The van der Waals surface area contributed by atoms with E-state index in [4.69, 9.17) is 10.2 Å². The third-order valence-electron chi connectivity index (χ3n) is 5.98. The van der Waals surface area contributed by atoms with Crippen LogP contribution in [0.4, 0.5) is 0 Å². The maximum absolute atomic E-state index is 12.9. The monoisotopic (exact) mass is 397 g/mol. The Balaban J connectivity index is 0.00000261. The smallest absolute Gasteiger partial charge is 0.255 e. The normalized spacial score (nSPS) is 26.4. The first kappa shape index (κ1) is 21.8. The zero-order chi connectivity index (χ0) is 18.9. The molecule has 2 atom stereocenters. The van der Waals surface area contributed by atoms with Crippen molar-refractivity contribution in [2.75, 3.05) is 13.1 Å². The van der Waals surface area contributed by atoms with E-state index in [1.165, 1.54) is 0 Å². The van der Waals surface area contributed by atoms with Gasteiger partial charge < -0.3 is 20.4 Å². The molecule has 0 bridgehead atoms. The van der Waals surface area contributed by atoms with Crippen LogP contribution in [0.3, 0.4) is 0 Å². The molecule has 1 aromatic rings. The number of carbonyl (C=O) groups is 2. The average Bonchev–Trinajstić information content (AvgIpc) is 2.93. The molecular weight excluding hydrogens is 366 g/mol. The summed E-state index contributed by atoms with van der Waals surface area (Å²) in [6, 6.07) is 1.87. The molecule has 1 aliphatic carbocycles.